The Hall–Kier alpha value is -3.28. The maximum absolute atomic E-state index is 12.0. The Morgan fingerprint density at radius 1 is 1.24 bits per heavy atom. The summed E-state index contributed by atoms with van der Waals surface area (Å²) in [4.78, 5) is 25.5. The molecule has 0 fully saturated rings. The molecular formula is C19H19N3O3. The molecule has 6 nitrogen and oxygen atoms in total. The molecule has 6 heteroatoms. The largest absolute Gasteiger partial charge is 0.462 e. The molecular weight excluding hydrogens is 318 g/mol. The number of amides is 1. The van der Waals surface area contributed by atoms with Gasteiger partial charge in [0.25, 0.3) is 5.91 Å². The molecule has 0 radical (unpaired) electrons. The van der Waals surface area contributed by atoms with Crippen LogP contribution in [0.2, 0.25) is 0 Å². The summed E-state index contributed by atoms with van der Waals surface area (Å²) in [5, 5.41) is 2.87. The molecule has 0 saturated carbocycles. The van der Waals surface area contributed by atoms with Crippen molar-refractivity contribution in [1.82, 2.24) is 10.2 Å². The first kappa shape index (κ1) is 16.6. The van der Waals surface area contributed by atoms with Gasteiger partial charge in [0.1, 0.15) is 12.0 Å². The average Bonchev–Trinajstić information content (AvgIpc) is 2.64. The molecule has 1 aliphatic carbocycles. The van der Waals surface area contributed by atoms with E-state index < -0.39 is 0 Å². The van der Waals surface area contributed by atoms with Crippen LogP contribution in [0.5, 0.6) is 0 Å². The molecule has 1 aromatic carbocycles. The predicted molar refractivity (Wildman–Crippen MR) is 93.8 cm³/mol. The van der Waals surface area contributed by atoms with E-state index in [0.717, 1.165) is 0 Å². The third kappa shape index (κ3) is 4.17. The molecule has 3 rings (SSSR count). The van der Waals surface area contributed by atoms with Gasteiger partial charge in [-0.15, -0.1) is 0 Å². The molecule has 0 bridgehead atoms. The lowest BCUT2D eigenvalue weighted by atomic mass is 10.00. The summed E-state index contributed by atoms with van der Waals surface area (Å²) in [6.07, 6.45) is 8.36. The zero-order valence-electron chi connectivity index (χ0n) is 13.6. The lowest BCUT2D eigenvalue weighted by molar-refractivity contribution is -0.114. The van der Waals surface area contributed by atoms with Gasteiger partial charge < -0.3 is 20.7 Å². The van der Waals surface area contributed by atoms with E-state index in [1.807, 2.05) is 23.1 Å². The molecule has 2 aliphatic rings. The van der Waals surface area contributed by atoms with Gasteiger partial charge in [-0.25, -0.2) is 0 Å². The quantitative estimate of drug-likeness (QED) is 0.856. The van der Waals surface area contributed by atoms with E-state index in [-0.39, 0.29) is 18.1 Å². The van der Waals surface area contributed by atoms with Crippen LogP contribution < -0.4 is 11.1 Å². The van der Waals surface area contributed by atoms with E-state index in [9.17, 15) is 9.59 Å². The number of benzene rings is 1. The number of ketones is 1. The van der Waals surface area contributed by atoms with Crippen LogP contribution >= 0.6 is 0 Å². The van der Waals surface area contributed by atoms with Crippen LogP contribution in [-0.2, 0) is 9.53 Å². The van der Waals surface area contributed by atoms with Gasteiger partial charge in [0.15, 0.2) is 5.78 Å². The molecule has 3 N–H and O–H groups in total. The summed E-state index contributed by atoms with van der Waals surface area (Å²) in [7, 11) is 0. The van der Waals surface area contributed by atoms with E-state index in [0.29, 0.717) is 35.7 Å². The minimum atomic E-state index is -0.114. The summed E-state index contributed by atoms with van der Waals surface area (Å²) >= 11 is 0. The standard InChI is InChI=1S/C19H19N3O3/c20-17-7-6-15(23)12-16(17)18-13-22(10-11-25-18)9-8-21-19(24)14-4-2-1-3-5-14/h1-7,10-11,13H,8-9,12,20H2,(H,21,24). The maximum Gasteiger partial charge on any atom is 0.251 e. The first-order chi connectivity index (χ1) is 12.1. The Balaban J connectivity index is 1.58. The van der Waals surface area contributed by atoms with E-state index in [1.165, 1.54) is 12.3 Å². The van der Waals surface area contributed by atoms with Crippen molar-refractivity contribution in [3.05, 3.63) is 83.7 Å². The Bertz CT molecular complexity index is 791. The van der Waals surface area contributed by atoms with E-state index in [4.69, 9.17) is 10.5 Å². The molecule has 0 atom stereocenters. The highest BCUT2D eigenvalue weighted by Gasteiger charge is 2.19. The average molecular weight is 337 g/mol. The maximum atomic E-state index is 12.0. The first-order valence-corrected chi connectivity index (χ1v) is 7.97. The van der Waals surface area contributed by atoms with E-state index in [2.05, 4.69) is 5.32 Å². The van der Waals surface area contributed by atoms with Gasteiger partial charge in [-0.3, -0.25) is 9.59 Å². The summed E-state index contributed by atoms with van der Waals surface area (Å²) < 4.78 is 5.49. The normalized spacial score (nSPS) is 16.6. The van der Waals surface area contributed by atoms with Gasteiger partial charge in [-0.05, 0) is 24.3 Å². The predicted octanol–water partition coefficient (Wildman–Crippen LogP) is 1.80. The molecule has 128 valence electrons. The van der Waals surface area contributed by atoms with E-state index in [1.54, 1.807) is 30.6 Å². The molecule has 1 heterocycles. The number of allylic oxidation sites excluding steroid dienone is 3. The Morgan fingerprint density at radius 2 is 2.04 bits per heavy atom. The van der Waals surface area contributed by atoms with Gasteiger partial charge in [0, 0.05) is 48.7 Å². The highest BCUT2D eigenvalue weighted by atomic mass is 16.5. The second kappa shape index (κ2) is 7.53. The van der Waals surface area contributed by atoms with Gasteiger partial charge in [0.2, 0.25) is 0 Å². The highest BCUT2D eigenvalue weighted by molar-refractivity contribution is 5.94. The smallest absolute Gasteiger partial charge is 0.251 e. The van der Waals surface area contributed by atoms with Crippen molar-refractivity contribution in [2.24, 2.45) is 5.73 Å². The second-order valence-corrected chi connectivity index (χ2v) is 5.67. The summed E-state index contributed by atoms with van der Waals surface area (Å²) in [6.45, 7) is 1.04. The van der Waals surface area contributed by atoms with Crippen LogP contribution in [0.3, 0.4) is 0 Å². The Morgan fingerprint density at radius 3 is 2.84 bits per heavy atom. The van der Waals surface area contributed by atoms with Crippen molar-refractivity contribution in [2.45, 2.75) is 6.42 Å². The number of carbonyl (C=O) groups excluding carboxylic acids is 2. The molecule has 0 aromatic heterocycles. The lowest BCUT2D eigenvalue weighted by Gasteiger charge is -2.24. The lowest BCUT2D eigenvalue weighted by Crippen LogP contribution is -2.31. The van der Waals surface area contributed by atoms with Crippen LogP contribution in [0.1, 0.15) is 16.8 Å². The van der Waals surface area contributed by atoms with Crippen LogP contribution in [0.4, 0.5) is 0 Å². The number of hydrogen-bond donors (Lipinski definition) is 2. The number of carbonyl (C=O) groups is 2. The number of hydrogen-bond acceptors (Lipinski definition) is 5. The second-order valence-electron chi connectivity index (χ2n) is 5.67. The first-order valence-electron chi connectivity index (χ1n) is 7.97. The number of ether oxygens (including phenoxy) is 1. The zero-order chi connectivity index (χ0) is 17.6. The van der Waals surface area contributed by atoms with Gasteiger partial charge in [-0.2, -0.15) is 0 Å². The highest BCUT2D eigenvalue weighted by Crippen LogP contribution is 2.25. The summed E-state index contributed by atoms with van der Waals surface area (Å²) in [5.74, 6) is 0.425. The van der Waals surface area contributed by atoms with Crippen molar-refractivity contribution in [3.63, 3.8) is 0 Å². The van der Waals surface area contributed by atoms with Crippen LogP contribution in [0, 0.1) is 0 Å². The molecule has 0 unspecified atom stereocenters. The minimum Gasteiger partial charge on any atom is -0.462 e. The van der Waals surface area contributed by atoms with E-state index >= 15 is 0 Å². The van der Waals surface area contributed by atoms with Crippen LogP contribution in [-0.4, -0.2) is 29.7 Å². The van der Waals surface area contributed by atoms with Crippen molar-refractivity contribution >= 4 is 11.7 Å². The molecule has 0 saturated heterocycles. The number of rotatable bonds is 5. The number of nitrogens with one attached hydrogen (secondary N) is 1. The summed E-state index contributed by atoms with van der Waals surface area (Å²) in [6, 6.07) is 9.06. The van der Waals surface area contributed by atoms with Crippen LogP contribution in [0.25, 0.3) is 0 Å². The fourth-order valence-electron chi connectivity index (χ4n) is 2.53. The molecule has 1 aliphatic heterocycles. The number of nitrogens with zero attached hydrogens (tertiary/aromatic N) is 1. The molecule has 0 spiro atoms. The fraction of sp³-hybridized carbons (Fsp3) is 0.158. The fourth-order valence-corrected chi connectivity index (χ4v) is 2.53. The van der Waals surface area contributed by atoms with Crippen molar-refractivity contribution in [2.75, 3.05) is 13.1 Å². The van der Waals surface area contributed by atoms with Crippen molar-refractivity contribution < 1.29 is 14.3 Å². The monoisotopic (exact) mass is 337 g/mol. The zero-order valence-corrected chi connectivity index (χ0v) is 13.6. The summed E-state index contributed by atoms with van der Waals surface area (Å²) in [5.41, 5.74) is 7.77. The Kier molecular flexibility index (Phi) is 4.99. The third-order valence-electron chi connectivity index (χ3n) is 3.87. The molecule has 1 aromatic rings. The number of nitrogens with two attached hydrogens (primary N) is 1. The minimum absolute atomic E-state index is 0.00933. The third-order valence-corrected chi connectivity index (χ3v) is 3.87. The van der Waals surface area contributed by atoms with Crippen molar-refractivity contribution in [3.8, 4) is 0 Å². The Labute approximate surface area is 145 Å². The topological polar surface area (TPSA) is 84.7 Å². The molecule has 25 heavy (non-hydrogen) atoms. The van der Waals surface area contributed by atoms with Gasteiger partial charge in [-0.1, -0.05) is 18.2 Å². The van der Waals surface area contributed by atoms with Crippen LogP contribution in [0.15, 0.2) is 78.2 Å². The van der Waals surface area contributed by atoms with Gasteiger partial charge in [0.05, 0.1) is 0 Å². The molecule has 1 amide bonds. The van der Waals surface area contributed by atoms with Gasteiger partial charge >= 0.3 is 0 Å². The van der Waals surface area contributed by atoms with Crippen molar-refractivity contribution in [1.29, 1.82) is 0 Å². The SMILES string of the molecule is NC1=C(C2=CN(CCNC(=O)c3ccccc3)C=CO2)CC(=O)C=C1.